The SMILES string of the molecule is O=C(Nc1ccc(C[NH+]2CCCCC2)cc1)c1ccc2c(c1)[nH]c(=O)n2C1CCCC1. The van der Waals surface area contributed by atoms with Gasteiger partial charge >= 0.3 is 5.69 Å². The van der Waals surface area contributed by atoms with Crippen LogP contribution in [0, 0.1) is 0 Å². The molecule has 2 heterocycles. The first kappa shape index (κ1) is 20.1. The number of carbonyl (C=O) groups excluding carboxylic acids is 1. The molecule has 6 nitrogen and oxygen atoms in total. The molecule has 5 rings (SSSR count). The van der Waals surface area contributed by atoms with Gasteiger partial charge in [-0.25, -0.2) is 4.79 Å². The number of quaternary nitrogens is 1. The van der Waals surface area contributed by atoms with Gasteiger partial charge in [0.05, 0.1) is 24.1 Å². The molecule has 162 valence electrons. The number of benzene rings is 2. The van der Waals surface area contributed by atoms with Gasteiger partial charge in [-0.05, 0) is 62.4 Å². The summed E-state index contributed by atoms with van der Waals surface area (Å²) in [6.07, 6.45) is 8.44. The van der Waals surface area contributed by atoms with E-state index in [4.69, 9.17) is 0 Å². The Morgan fingerprint density at radius 3 is 2.48 bits per heavy atom. The van der Waals surface area contributed by atoms with Gasteiger partial charge in [0.1, 0.15) is 6.54 Å². The zero-order valence-corrected chi connectivity index (χ0v) is 18.0. The Morgan fingerprint density at radius 1 is 1.00 bits per heavy atom. The molecule has 0 radical (unpaired) electrons. The first-order valence-electron chi connectivity index (χ1n) is 11.7. The van der Waals surface area contributed by atoms with Crippen LogP contribution in [0.15, 0.2) is 47.3 Å². The van der Waals surface area contributed by atoms with Crippen molar-refractivity contribution in [1.29, 1.82) is 0 Å². The number of carbonyl (C=O) groups is 1. The highest BCUT2D eigenvalue weighted by Gasteiger charge is 2.21. The van der Waals surface area contributed by atoms with Crippen LogP contribution in [0.2, 0.25) is 0 Å². The summed E-state index contributed by atoms with van der Waals surface area (Å²) in [6, 6.07) is 13.9. The van der Waals surface area contributed by atoms with Gasteiger partial charge in [-0.2, -0.15) is 0 Å². The van der Waals surface area contributed by atoms with Crippen molar-refractivity contribution in [2.24, 2.45) is 0 Å². The number of rotatable bonds is 5. The lowest BCUT2D eigenvalue weighted by molar-refractivity contribution is -0.918. The van der Waals surface area contributed by atoms with Crippen LogP contribution in [0.4, 0.5) is 5.69 Å². The summed E-state index contributed by atoms with van der Waals surface area (Å²) in [5.74, 6) is -0.161. The molecule has 1 aliphatic carbocycles. The summed E-state index contributed by atoms with van der Waals surface area (Å²) >= 11 is 0. The first-order chi connectivity index (χ1) is 15.2. The third-order valence-corrected chi connectivity index (χ3v) is 6.90. The normalized spacial score (nSPS) is 17.9. The fraction of sp³-hybridized carbons (Fsp3) is 0.440. The van der Waals surface area contributed by atoms with Crippen LogP contribution >= 0.6 is 0 Å². The maximum Gasteiger partial charge on any atom is 0.326 e. The Kier molecular flexibility index (Phi) is 5.64. The lowest BCUT2D eigenvalue weighted by atomic mass is 10.1. The fourth-order valence-electron chi connectivity index (χ4n) is 5.22. The van der Waals surface area contributed by atoms with Crippen LogP contribution in [-0.2, 0) is 6.54 Å². The molecule has 1 aromatic heterocycles. The van der Waals surface area contributed by atoms with Crippen LogP contribution in [0.25, 0.3) is 11.0 Å². The highest BCUT2D eigenvalue weighted by Crippen LogP contribution is 2.30. The van der Waals surface area contributed by atoms with Crippen molar-refractivity contribution in [3.05, 3.63) is 64.1 Å². The van der Waals surface area contributed by atoms with E-state index in [-0.39, 0.29) is 17.6 Å². The summed E-state index contributed by atoms with van der Waals surface area (Å²) < 4.78 is 1.87. The van der Waals surface area contributed by atoms with Gasteiger partial charge in [0.2, 0.25) is 0 Å². The number of fused-ring (bicyclic) bond motifs is 1. The molecule has 1 saturated carbocycles. The van der Waals surface area contributed by atoms with Gasteiger partial charge < -0.3 is 15.2 Å². The van der Waals surface area contributed by atoms with E-state index in [1.165, 1.54) is 50.8 Å². The average Bonchev–Trinajstić information content (AvgIpc) is 3.42. The van der Waals surface area contributed by atoms with Gasteiger partial charge in [0.15, 0.2) is 0 Å². The molecule has 31 heavy (non-hydrogen) atoms. The van der Waals surface area contributed by atoms with Crippen molar-refractivity contribution in [3.8, 4) is 0 Å². The van der Waals surface area contributed by atoms with Crippen molar-refractivity contribution >= 4 is 22.6 Å². The molecule has 0 spiro atoms. The van der Waals surface area contributed by atoms with E-state index in [0.717, 1.165) is 36.1 Å². The molecule has 1 aliphatic heterocycles. The highest BCUT2D eigenvalue weighted by molar-refractivity contribution is 6.05. The number of imidazole rings is 1. The summed E-state index contributed by atoms with van der Waals surface area (Å²) in [6.45, 7) is 3.56. The predicted molar refractivity (Wildman–Crippen MR) is 123 cm³/mol. The van der Waals surface area contributed by atoms with Crippen LogP contribution < -0.4 is 15.9 Å². The zero-order valence-electron chi connectivity index (χ0n) is 18.0. The minimum Gasteiger partial charge on any atom is -0.331 e. The topological polar surface area (TPSA) is 71.3 Å². The molecule has 1 saturated heterocycles. The summed E-state index contributed by atoms with van der Waals surface area (Å²) in [5, 5.41) is 2.99. The number of nitrogens with zero attached hydrogens (tertiary/aromatic N) is 1. The molecule has 2 aromatic carbocycles. The first-order valence-corrected chi connectivity index (χ1v) is 11.7. The molecule has 2 fully saturated rings. The Hall–Kier alpha value is -2.86. The second-order valence-corrected chi connectivity index (χ2v) is 9.11. The van der Waals surface area contributed by atoms with E-state index in [2.05, 4.69) is 22.4 Å². The van der Waals surface area contributed by atoms with Crippen molar-refractivity contribution in [1.82, 2.24) is 9.55 Å². The third kappa shape index (κ3) is 4.30. The van der Waals surface area contributed by atoms with Gasteiger partial charge in [-0.15, -0.1) is 0 Å². The summed E-state index contributed by atoms with van der Waals surface area (Å²) in [5.41, 5.74) is 4.18. The number of nitrogens with one attached hydrogen (secondary N) is 3. The van der Waals surface area contributed by atoms with Crippen LogP contribution in [0.5, 0.6) is 0 Å². The number of piperidine rings is 1. The van der Waals surface area contributed by atoms with Crippen molar-refractivity contribution in [2.45, 2.75) is 57.5 Å². The largest absolute Gasteiger partial charge is 0.331 e. The van der Waals surface area contributed by atoms with Gasteiger partial charge in [-0.1, -0.05) is 25.0 Å². The van der Waals surface area contributed by atoms with Crippen LogP contribution in [-0.4, -0.2) is 28.5 Å². The van der Waals surface area contributed by atoms with E-state index in [1.807, 2.05) is 28.8 Å². The van der Waals surface area contributed by atoms with Gasteiger partial charge in [-0.3, -0.25) is 9.36 Å². The summed E-state index contributed by atoms with van der Waals surface area (Å²) in [4.78, 5) is 29.9. The quantitative estimate of drug-likeness (QED) is 0.594. The minimum absolute atomic E-state index is 0.0779. The Morgan fingerprint density at radius 2 is 1.74 bits per heavy atom. The summed E-state index contributed by atoms with van der Waals surface area (Å²) in [7, 11) is 0. The fourth-order valence-corrected chi connectivity index (χ4v) is 5.22. The number of hydrogen-bond acceptors (Lipinski definition) is 2. The predicted octanol–water partition coefficient (Wildman–Crippen LogP) is 3.27. The van der Waals surface area contributed by atoms with Crippen molar-refractivity contribution < 1.29 is 9.69 Å². The average molecular weight is 420 g/mol. The molecular formula is C25H31N4O2+. The Bertz CT molecular complexity index is 1120. The monoisotopic (exact) mass is 419 g/mol. The van der Waals surface area contributed by atoms with Crippen molar-refractivity contribution in [3.63, 3.8) is 0 Å². The number of anilines is 1. The van der Waals surface area contributed by atoms with Crippen LogP contribution in [0.1, 0.15) is 66.9 Å². The molecule has 1 amide bonds. The lowest BCUT2D eigenvalue weighted by Crippen LogP contribution is -3.11. The Balaban J connectivity index is 1.28. The number of aromatic nitrogens is 2. The molecule has 0 atom stereocenters. The van der Waals surface area contributed by atoms with E-state index in [0.29, 0.717) is 5.56 Å². The zero-order chi connectivity index (χ0) is 21.2. The minimum atomic E-state index is -0.161. The number of aromatic amines is 1. The number of amides is 1. The number of likely N-dealkylation sites (tertiary alicyclic amines) is 1. The van der Waals surface area contributed by atoms with Gasteiger partial charge in [0.25, 0.3) is 5.91 Å². The standard InChI is InChI=1S/C25H30N4O2/c30-24(26-20-11-8-18(9-12-20)17-28-14-4-1-5-15-28)19-10-13-23-22(16-19)27-25(31)29(23)21-6-2-3-7-21/h8-13,16,21H,1-7,14-15,17H2,(H,26,30)(H,27,31)/p+1. The molecule has 3 N–H and O–H groups in total. The second kappa shape index (κ2) is 8.71. The third-order valence-electron chi connectivity index (χ3n) is 6.90. The van der Waals surface area contributed by atoms with E-state index in [1.54, 1.807) is 11.0 Å². The lowest BCUT2D eigenvalue weighted by Gasteiger charge is -2.23. The van der Waals surface area contributed by atoms with E-state index < -0.39 is 0 Å². The number of H-pyrrole nitrogens is 1. The highest BCUT2D eigenvalue weighted by atomic mass is 16.2. The van der Waals surface area contributed by atoms with Crippen molar-refractivity contribution in [2.75, 3.05) is 18.4 Å². The molecule has 0 bridgehead atoms. The number of hydrogen-bond donors (Lipinski definition) is 3. The van der Waals surface area contributed by atoms with E-state index in [9.17, 15) is 9.59 Å². The van der Waals surface area contributed by atoms with Crippen LogP contribution in [0.3, 0.4) is 0 Å². The molecule has 0 unspecified atom stereocenters. The molecule has 6 heteroatoms. The maximum absolute atomic E-state index is 12.8. The second-order valence-electron chi connectivity index (χ2n) is 9.11. The Labute approximate surface area is 182 Å². The smallest absolute Gasteiger partial charge is 0.326 e. The molecular weight excluding hydrogens is 388 g/mol. The maximum atomic E-state index is 12.8. The molecule has 2 aliphatic rings. The van der Waals surface area contributed by atoms with Gasteiger partial charge in [0, 0.05) is 22.9 Å². The molecule has 3 aromatic rings. The van der Waals surface area contributed by atoms with E-state index >= 15 is 0 Å².